The minimum atomic E-state index is -0.344. The number of aryl methyl sites for hydroxylation is 1. The van der Waals surface area contributed by atoms with Crippen LogP contribution in [0.2, 0.25) is 5.02 Å². The van der Waals surface area contributed by atoms with Crippen LogP contribution in [-0.4, -0.2) is 22.8 Å². The van der Waals surface area contributed by atoms with Crippen molar-refractivity contribution in [1.82, 2.24) is 0 Å². The number of anilines is 2. The van der Waals surface area contributed by atoms with E-state index in [4.69, 9.17) is 11.6 Å². The second-order valence-corrected chi connectivity index (χ2v) is 7.13. The summed E-state index contributed by atoms with van der Waals surface area (Å²) in [5, 5.41) is 5.90. The van der Waals surface area contributed by atoms with Gasteiger partial charge in [0.2, 0.25) is 11.8 Å². The lowest BCUT2D eigenvalue weighted by molar-refractivity contribution is -0.115. The fourth-order valence-electron chi connectivity index (χ4n) is 1.97. The van der Waals surface area contributed by atoms with Crippen LogP contribution >= 0.6 is 23.4 Å². The van der Waals surface area contributed by atoms with Gasteiger partial charge >= 0.3 is 0 Å². The fourth-order valence-corrected chi connectivity index (χ4v) is 2.78. The van der Waals surface area contributed by atoms with Crippen LogP contribution < -0.4 is 10.6 Å². The predicted octanol–water partition coefficient (Wildman–Crippen LogP) is 4.35. The summed E-state index contributed by atoms with van der Waals surface area (Å²) in [7, 11) is 0. The Hall–Kier alpha value is -1.98. The van der Waals surface area contributed by atoms with Gasteiger partial charge in [-0.3, -0.25) is 9.59 Å². The molecule has 2 amide bonds. The van der Waals surface area contributed by atoms with Crippen molar-refractivity contribution in [3.8, 4) is 0 Å². The number of amides is 2. The monoisotopic (exact) mass is 362 g/mol. The Balaban J connectivity index is 1.79. The van der Waals surface area contributed by atoms with Gasteiger partial charge in [0.1, 0.15) is 0 Å². The van der Waals surface area contributed by atoms with Gasteiger partial charge in [0.15, 0.2) is 0 Å². The molecule has 0 fully saturated rings. The van der Waals surface area contributed by atoms with Crippen molar-refractivity contribution in [1.29, 1.82) is 0 Å². The minimum Gasteiger partial charge on any atom is -0.325 e. The third-order valence-corrected chi connectivity index (χ3v) is 4.64. The lowest BCUT2D eigenvalue weighted by Gasteiger charge is -2.12. The summed E-state index contributed by atoms with van der Waals surface area (Å²) in [4.78, 5) is 24.1. The third-order valence-electron chi connectivity index (χ3n) is 3.25. The van der Waals surface area contributed by atoms with Crippen molar-refractivity contribution >= 4 is 46.6 Å². The van der Waals surface area contributed by atoms with Crippen LogP contribution in [0, 0.1) is 6.92 Å². The summed E-state index contributed by atoms with van der Waals surface area (Å²) in [5.74, 6) is -0.0641. The molecule has 0 heterocycles. The summed E-state index contributed by atoms with van der Waals surface area (Å²) in [6, 6.07) is 14.5. The zero-order valence-electron chi connectivity index (χ0n) is 13.5. The molecule has 0 unspecified atom stereocenters. The maximum atomic E-state index is 12.1. The highest BCUT2D eigenvalue weighted by atomic mass is 35.5. The summed E-state index contributed by atoms with van der Waals surface area (Å²) in [6.07, 6.45) is 0. The molecule has 0 aromatic heterocycles. The molecule has 24 heavy (non-hydrogen) atoms. The second kappa shape index (κ2) is 8.76. The van der Waals surface area contributed by atoms with E-state index < -0.39 is 0 Å². The van der Waals surface area contributed by atoms with E-state index in [9.17, 15) is 9.59 Å². The first-order chi connectivity index (χ1) is 11.4. The molecule has 2 N–H and O–H groups in total. The summed E-state index contributed by atoms with van der Waals surface area (Å²) < 4.78 is 0. The van der Waals surface area contributed by atoms with Crippen molar-refractivity contribution in [3.63, 3.8) is 0 Å². The first-order valence-corrected chi connectivity index (χ1v) is 8.91. The normalized spacial score (nSPS) is 11.6. The van der Waals surface area contributed by atoms with E-state index in [-0.39, 0.29) is 22.8 Å². The van der Waals surface area contributed by atoms with Gasteiger partial charge < -0.3 is 10.6 Å². The van der Waals surface area contributed by atoms with E-state index in [2.05, 4.69) is 10.6 Å². The summed E-state index contributed by atoms with van der Waals surface area (Å²) in [5.41, 5.74) is 2.52. The summed E-state index contributed by atoms with van der Waals surface area (Å²) in [6.45, 7) is 3.74. The molecule has 0 aliphatic heterocycles. The molecule has 2 aromatic carbocycles. The first-order valence-electron chi connectivity index (χ1n) is 7.48. The van der Waals surface area contributed by atoms with E-state index >= 15 is 0 Å². The molecule has 0 saturated carbocycles. The standard InChI is InChI=1S/C18H19ClN2O2S/c1-12-4-3-5-16(10-12)20-17(22)11-24-13(2)18(23)21-15-8-6-14(19)7-9-15/h3-10,13H,11H2,1-2H3,(H,20,22)(H,21,23)/t13-/m1/s1. The van der Waals surface area contributed by atoms with Gasteiger partial charge in [0.25, 0.3) is 0 Å². The Morgan fingerprint density at radius 2 is 1.79 bits per heavy atom. The van der Waals surface area contributed by atoms with Gasteiger partial charge in [0.05, 0.1) is 11.0 Å². The van der Waals surface area contributed by atoms with E-state index in [1.54, 1.807) is 31.2 Å². The van der Waals surface area contributed by atoms with Crippen LogP contribution in [0.3, 0.4) is 0 Å². The number of benzene rings is 2. The molecule has 2 aromatic rings. The van der Waals surface area contributed by atoms with Crippen LogP contribution in [0.4, 0.5) is 11.4 Å². The molecule has 2 rings (SSSR count). The topological polar surface area (TPSA) is 58.2 Å². The van der Waals surface area contributed by atoms with Crippen LogP contribution in [0.5, 0.6) is 0 Å². The lowest BCUT2D eigenvalue weighted by atomic mass is 10.2. The quantitative estimate of drug-likeness (QED) is 0.803. The highest BCUT2D eigenvalue weighted by Gasteiger charge is 2.15. The van der Waals surface area contributed by atoms with Gasteiger partial charge in [-0.15, -0.1) is 11.8 Å². The Kier molecular flexibility index (Phi) is 6.70. The molecular formula is C18H19ClN2O2S. The molecule has 0 bridgehead atoms. The summed E-state index contributed by atoms with van der Waals surface area (Å²) >= 11 is 7.10. The van der Waals surface area contributed by atoms with Crippen molar-refractivity contribution in [3.05, 3.63) is 59.1 Å². The maximum absolute atomic E-state index is 12.1. The maximum Gasteiger partial charge on any atom is 0.237 e. The smallest absolute Gasteiger partial charge is 0.237 e. The number of halogens is 1. The number of thioether (sulfide) groups is 1. The average Bonchev–Trinajstić information content (AvgIpc) is 2.54. The largest absolute Gasteiger partial charge is 0.325 e. The highest BCUT2D eigenvalue weighted by molar-refractivity contribution is 8.01. The van der Waals surface area contributed by atoms with Crippen LogP contribution in [0.1, 0.15) is 12.5 Å². The van der Waals surface area contributed by atoms with Gasteiger partial charge in [0, 0.05) is 16.4 Å². The Morgan fingerprint density at radius 3 is 2.46 bits per heavy atom. The van der Waals surface area contributed by atoms with Gasteiger partial charge in [-0.2, -0.15) is 0 Å². The van der Waals surface area contributed by atoms with Crippen molar-refractivity contribution in [2.24, 2.45) is 0 Å². The molecular weight excluding hydrogens is 344 g/mol. The fraction of sp³-hybridized carbons (Fsp3) is 0.222. The number of hydrogen-bond acceptors (Lipinski definition) is 3. The SMILES string of the molecule is Cc1cccc(NC(=O)CS[C@H](C)C(=O)Nc2ccc(Cl)cc2)c1. The highest BCUT2D eigenvalue weighted by Crippen LogP contribution is 2.17. The van der Waals surface area contributed by atoms with Gasteiger partial charge in [-0.1, -0.05) is 23.7 Å². The average molecular weight is 363 g/mol. The molecule has 1 atom stereocenters. The van der Waals surface area contributed by atoms with Crippen molar-refractivity contribution < 1.29 is 9.59 Å². The van der Waals surface area contributed by atoms with Gasteiger partial charge in [-0.05, 0) is 55.8 Å². The molecule has 4 nitrogen and oxygen atoms in total. The van der Waals surface area contributed by atoms with E-state index in [0.29, 0.717) is 10.7 Å². The zero-order chi connectivity index (χ0) is 17.5. The molecule has 0 spiro atoms. The molecule has 0 aliphatic carbocycles. The Morgan fingerprint density at radius 1 is 1.08 bits per heavy atom. The number of nitrogens with one attached hydrogen (secondary N) is 2. The lowest BCUT2D eigenvalue weighted by Crippen LogP contribution is -2.25. The number of carbonyl (C=O) groups excluding carboxylic acids is 2. The molecule has 0 radical (unpaired) electrons. The van der Waals surface area contributed by atoms with Gasteiger partial charge in [-0.25, -0.2) is 0 Å². The van der Waals surface area contributed by atoms with Crippen LogP contribution in [-0.2, 0) is 9.59 Å². The van der Waals surface area contributed by atoms with Crippen LogP contribution in [0.25, 0.3) is 0 Å². The molecule has 6 heteroatoms. The second-order valence-electron chi connectivity index (χ2n) is 5.37. The number of rotatable bonds is 6. The van der Waals surface area contributed by atoms with Crippen molar-refractivity contribution in [2.75, 3.05) is 16.4 Å². The predicted molar refractivity (Wildman–Crippen MR) is 102 cm³/mol. The third kappa shape index (κ3) is 5.91. The van der Waals surface area contributed by atoms with E-state index in [0.717, 1.165) is 11.3 Å². The van der Waals surface area contributed by atoms with Crippen molar-refractivity contribution in [2.45, 2.75) is 19.1 Å². The molecule has 0 aliphatic rings. The Bertz CT molecular complexity index is 719. The molecule has 126 valence electrons. The zero-order valence-corrected chi connectivity index (χ0v) is 15.1. The number of hydrogen-bond donors (Lipinski definition) is 2. The Labute approximate surface area is 151 Å². The molecule has 0 saturated heterocycles. The van der Waals surface area contributed by atoms with E-state index in [1.807, 2.05) is 31.2 Å². The minimum absolute atomic E-state index is 0.128. The number of carbonyl (C=O) groups is 2. The van der Waals surface area contributed by atoms with Crippen LogP contribution in [0.15, 0.2) is 48.5 Å². The first kappa shape index (κ1) is 18.4. The van der Waals surface area contributed by atoms with E-state index in [1.165, 1.54) is 11.8 Å².